The van der Waals surface area contributed by atoms with Gasteiger partial charge in [-0.3, -0.25) is 4.79 Å². The number of rotatable bonds is 3. The number of H-pyrrole nitrogens is 1. The zero-order valence-electron chi connectivity index (χ0n) is 15.9. The van der Waals surface area contributed by atoms with Crippen molar-refractivity contribution in [2.75, 3.05) is 31.5 Å². The van der Waals surface area contributed by atoms with E-state index in [1.54, 1.807) is 12.1 Å². The molecule has 1 amide bonds. The number of carbonyl (C=O) groups is 1. The van der Waals surface area contributed by atoms with E-state index in [4.69, 9.17) is 5.73 Å². The van der Waals surface area contributed by atoms with E-state index in [2.05, 4.69) is 15.2 Å². The molecular formula is C21H27FN4O. The van der Waals surface area contributed by atoms with E-state index < -0.39 is 0 Å². The van der Waals surface area contributed by atoms with Gasteiger partial charge in [-0.2, -0.15) is 0 Å². The summed E-state index contributed by atoms with van der Waals surface area (Å²) >= 11 is 0. The second-order valence-corrected chi connectivity index (χ2v) is 7.09. The van der Waals surface area contributed by atoms with Gasteiger partial charge < -0.3 is 20.9 Å². The number of aromatic nitrogens is 1. The Balaban J connectivity index is 0.000000221. The monoisotopic (exact) mass is 370 g/mol. The molecule has 27 heavy (non-hydrogen) atoms. The fraction of sp³-hybridized carbons (Fsp3) is 0.381. The first-order valence-electron chi connectivity index (χ1n) is 9.39. The molecule has 0 radical (unpaired) electrons. The third-order valence-corrected chi connectivity index (χ3v) is 4.89. The zero-order valence-corrected chi connectivity index (χ0v) is 15.9. The topological polar surface area (TPSA) is 74.1 Å². The Morgan fingerprint density at radius 2 is 1.96 bits per heavy atom. The molecule has 144 valence electrons. The number of nitrogens with zero attached hydrogens (tertiary/aromatic N) is 1. The molecule has 0 atom stereocenters. The van der Waals surface area contributed by atoms with Gasteiger partial charge in [-0.1, -0.05) is 0 Å². The molecule has 0 bridgehead atoms. The van der Waals surface area contributed by atoms with Crippen LogP contribution in [0.1, 0.15) is 35.4 Å². The van der Waals surface area contributed by atoms with Crippen molar-refractivity contribution in [1.82, 2.24) is 9.88 Å². The lowest BCUT2D eigenvalue weighted by Crippen LogP contribution is -2.26. The SMILES string of the molecule is Cc1cc(C)c(C=C2C(=O)Nc3ccc(F)cc32)[nH]1.NCCN1CCCC1. The number of aromatic amines is 1. The summed E-state index contributed by atoms with van der Waals surface area (Å²) in [5.41, 5.74) is 10.1. The van der Waals surface area contributed by atoms with E-state index in [9.17, 15) is 9.18 Å². The minimum Gasteiger partial charge on any atom is -0.359 e. The van der Waals surface area contributed by atoms with Crippen LogP contribution in [0, 0.1) is 19.7 Å². The summed E-state index contributed by atoms with van der Waals surface area (Å²) in [4.78, 5) is 17.6. The molecule has 3 heterocycles. The number of hydrogen-bond acceptors (Lipinski definition) is 3. The molecule has 6 heteroatoms. The van der Waals surface area contributed by atoms with Gasteiger partial charge in [0.25, 0.3) is 5.91 Å². The first-order valence-corrected chi connectivity index (χ1v) is 9.39. The molecule has 0 aliphatic carbocycles. The molecule has 1 fully saturated rings. The van der Waals surface area contributed by atoms with Crippen LogP contribution >= 0.6 is 0 Å². The highest BCUT2D eigenvalue weighted by Gasteiger charge is 2.24. The summed E-state index contributed by atoms with van der Waals surface area (Å²) in [6.45, 7) is 8.39. The first-order chi connectivity index (χ1) is 13.0. The molecule has 4 N–H and O–H groups in total. The van der Waals surface area contributed by atoms with E-state index in [1.165, 1.54) is 38.1 Å². The standard InChI is InChI=1S/C15H13FN2O.C6H14N2/c1-8-5-9(2)17-14(8)7-12-11-6-10(16)3-4-13(11)18-15(12)19;7-3-6-8-4-1-2-5-8/h3-7,17H,1-2H3,(H,18,19);1-7H2. The van der Waals surface area contributed by atoms with Crippen LogP contribution in [-0.4, -0.2) is 42.0 Å². The molecule has 0 saturated carbocycles. The summed E-state index contributed by atoms with van der Waals surface area (Å²) in [6.07, 6.45) is 4.52. The fourth-order valence-electron chi connectivity index (χ4n) is 3.54. The maximum absolute atomic E-state index is 13.3. The van der Waals surface area contributed by atoms with Crippen LogP contribution in [-0.2, 0) is 4.79 Å². The molecule has 1 aromatic carbocycles. The molecule has 1 saturated heterocycles. The summed E-state index contributed by atoms with van der Waals surface area (Å²) in [6, 6.07) is 6.30. The number of anilines is 1. The fourth-order valence-corrected chi connectivity index (χ4v) is 3.54. The Morgan fingerprint density at radius 1 is 1.22 bits per heavy atom. The zero-order chi connectivity index (χ0) is 19.4. The van der Waals surface area contributed by atoms with E-state index in [-0.39, 0.29) is 11.7 Å². The Hall–Kier alpha value is -2.44. The Kier molecular flexibility index (Phi) is 6.08. The molecule has 0 unspecified atom stereocenters. The first kappa shape index (κ1) is 19.3. The van der Waals surface area contributed by atoms with Crippen molar-refractivity contribution < 1.29 is 9.18 Å². The quantitative estimate of drug-likeness (QED) is 0.726. The van der Waals surface area contributed by atoms with Crippen molar-refractivity contribution in [3.8, 4) is 0 Å². The number of aryl methyl sites for hydroxylation is 2. The molecule has 2 aliphatic heterocycles. The largest absolute Gasteiger partial charge is 0.359 e. The highest BCUT2D eigenvalue weighted by atomic mass is 19.1. The van der Waals surface area contributed by atoms with Gasteiger partial charge >= 0.3 is 0 Å². The number of nitrogens with two attached hydrogens (primary N) is 1. The Labute approximate surface area is 159 Å². The predicted molar refractivity (Wildman–Crippen MR) is 108 cm³/mol. The van der Waals surface area contributed by atoms with Gasteiger partial charge in [0.15, 0.2) is 0 Å². The second kappa shape index (κ2) is 8.50. The average Bonchev–Trinajstić information content (AvgIpc) is 3.31. The summed E-state index contributed by atoms with van der Waals surface area (Å²) in [7, 11) is 0. The van der Waals surface area contributed by atoms with E-state index in [1.807, 2.05) is 19.9 Å². The number of benzene rings is 1. The van der Waals surface area contributed by atoms with Crippen molar-refractivity contribution in [3.05, 3.63) is 52.6 Å². The van der Waals surface area contributed by atoms with Gasteiger partial charge in [0, 0.05) is 35.7 Å². The smallest absolute Gasteiger partial charge is 0.256 e. The Morgan fingerprint density at radius 3 is 2.59 bits per heavy atom. The van der Waals surface area contributed by atoms with Crippen LogP contribution in [0.5, 0.6) is 0 Å². The van der Waals surface area contributed by atoms with Crippen LogP contribution < -0.4 is 11.1 Å². The number of likely N-dealkylation sites (tertiary alicyclic amines) is 1. The second-order valence-electron chi connectivity index (χ2n) is 7.09. The predicted octanol–water partition coefficient (Wildman–Crippen LogP) is 3.30. The van der Waals surface area contributed by atoms with Gasteiger partial charge in [-0.05, 0) is 75.7 Å². The van der Waals surface area contributed by atoms with Crippen molar-refractivity contribution in [2.24, 2.45) is 5.73 Å². The number of hydrogen-bond donors (Lipinski definition) is 3. The number of amides is 1. The van der Waals surface area contributed by atoms with Gasteiger partial charge in [-0.15, -0.1) is 0 Å². The van der Waals surface area contributed by atoms with Gasteiger partial charge in [-0.25, -0.2) is 4.39 Å². The molecule has 4 rings (SSSR count). The molecule has 0 spiro atoms. The van der Waals surface area contributed by atoms with Crippen LogP contribution in [0.3, 0.4) is 0 Å². The summed E-state index contributed by atoms with van der Waals surface area (Å²) in [5.74, 6) is -0.548. The van der Waals surface area contributed by atoms with E-state index in [0.29, 0.717) is 16.8 Å². The number of carbonyl (C=O) groups excluding carboxylic acids is 1. The van der Waals surface area contributed by atoms with Crippen LogP contribution in [0.25, 0.3) is 11.6 Å². The molecular weight excluding hydrogens is 343 g/mol. The van der Waals surface area contributed by atoms with Gasteiger partial charge in [0.05, 0.1) is 5.57 Å². The lowest BCUT2D eigenvalue weighted by molar-refractivity contribution is -0.110. The third kappa shape index (κ3) is 4.64. The van der Waals surface area contributed by atoms with Crippen LogP contribution in [0.15, 0.2) is 24.3 Å². The molecule has 1 aromatic heterocycles. The van der Waals surface area contributed by atoms with Crippen molar-refractivity contribution in [3.63, 3.8) is 0 Å². The van der Waals surface area contributed by atoms with Crippen LogP contribution in [0.2, 0.25) is 0 Å². The van der Waals surface area contributed by atoms with E-state index >= 15 is 0 Å². The lowest BCUT2D eigenvalue weighted by Gasteiger charge is -2.11. The molecule has 5 nitrogen and oxygen atoms in total. The van der Waals surface area contributed by atoms with Crippen molar-refractivity contribution in [1.29, 1.82) is 0 Å². The normalized spacial score (nSPS) is 17.6. The van der Waals surface area contributed by atoms with Crippen molar-refractivity contribution in [2.45, 2.75) is 26.7 Å². The minimum atomic E-state index is -0.347. The van der Waals surface area contributed by atoms with E-state index in [0.717, 1.165) is 30.0 Å². The number of nitrogens with one attached hydrogen (secondary N) is 2. The summed E-state index contributed by atoms with van der Waals surface area (Å²) in [5, 5.41) is 2.73. The van der Waals surface area contributed by atoms with Crippen molar-refractivity contribution >= 4 is 23.2 Å². The maximum Gasteiger partial charge on any atom is 0.256 e. The summed E-state index contributed by atoms with van der Waals surface area (Å²) < 4.78 is 13.3. The maximum atomic E-state index is 13.3. The van der Waals surface area contributed by atoms with Gasteiger partial charge in [0.1, 0.15) is 5.82 Å². The highest BCUT2D eigenvalue weighted by molar-refractivity contribution is 6.34. The minimum absolute atomic E-state index is 0.202. The molecule has 2 aliphatic rings. The number of fused-ring (bicyclic) bond motifs is 1. The highest BCUT2D eigenvalue weighted by Crippen LogP contribution is 2.33. The Bertz CT molecular complexity index is 850. The van der Waals surface area contributed by atoms with Crippen LogP contribution in [0.4, 0.5) is 10.1 Å². The third-order valence-electron chi connectivity index (χ3n) is 4.89. The lowest BCUT2D eigenvalue weighted by atomic mass is 10.1. The van der Waals surface area contributed by atoms with Gasteiger partial charge in [0.2, 0.25) is 0 Å². The number of halogens is 1. The molecule has 2 aromatic rings. The average molecular weight is 370 g/mol.